The predicted octanol–water partition coefficient (Wildman–Crippen LogP) is 2.25. The van der Waals surface area contributed by atoms with Crippen molar-refractivity contribution in [1.82, 2.24) is 0 Å². The van der Waals surface area contributed by atoms with Crippen LogP contribution in [0.25, 0.3) is 0 Å². The standard InChI is InChI=1S/C16H21NO2/c1-13-11-14(5-4-9-17)7-8-16(13)19-12-15-6-2-3-10-18-15/h7-8,11,15H,2-3,6,9-10,12,17H2,1H3. The van der Waals surface area contributed by atoms with E-state index in [-0.39, 0.29) is 6.10 Å². The maximum Gasteiger partial charge on any atom is 0.122 e. The molecule has 1 aliphatic rings. The Morgan fingerprint density at radius 3 is 3.00 bits per heavy atom. The number of aryl methyl sites for hydroxylation is 1. The van der Waals surface area contributed by atoms with Gasteiger partial charge in [-0.2, -0.15) is 0 Å². The highest BCUT2D eigenvalue weighted by molar-refractivity contribution is 5.43. The van der Waals surface area contributed by atoms with Crippen LogP contribution in [-0.4, -0.2) is 25.9 Å². The van der Waals surface area contributed by atoms with E-state index in [1.807, 2.05) is 25.1 Å². The lowest BCUT2D eigenvalue weighted by molar-refractivity contribution is -0.0111. The average Bonchev–Trinajstić information content (AvgIpc) is 2.45. The van der Waals surface area contributed by atoms with Gasteiger partial charge >= 0.3 is 0 Å². The molecular weight excluding hydrogens is 238 g/mol. The molecule has 3 nitrogen and oxygen atoms in total. The van der Waals surface area contributed by atoms with E-state index in [1.54, 1.807) is 0 Å². The quantitative estimate of drug-likeness (QED) is 0.847. The molecule has 0 bridgehead atoms. The highest BCUT2D eigenvalue weighted by Crippen LogP contribution is 2.20. The Bertz CT molecular complexity index is 467. The van der Waals surface area contributed by atoms with Crippen molar-refractivity contribution in [2.45, 2.75) is 32.3 Å². The molecule has 1 atom stereocenters. The van der Waals surface area contributed by atoms with Gasteiger partial charge in [-0.3, -0.25) is 0 Å². The SMILES string of the molecule is Cc1cc(C#CCN)ccc1OCC1CCCCO1. The highest BCUT2D eigenvalue weighted by atomic mass is 16.5. The second-order valence-corrected chi connectivity index (χ2v) is 4.79. The third kappa shape index (κ3) is 4.27. The first-order valence-corrected chi connectivity index (χ1v) is 6.83. The van der Waals surface area contributed by atoms with E-state index in [0.717, 1.165) is 29.9 Å². The fourth-order valence-corrected chi connectivity index (χ4v) is 2.16. The van der Waals surface area contributed by atoms with Crippen molar-refractivity contribution < 1.29 is 9.47 Å². The van der Waals surface area contributed by atoms with E-state index in [2.05, 4.69) is 11.8 Å². The lowest BCUT2D eigenvalue weighted by atomic mass is 10.1. The van der Waals surface area contributed by atoms with Crippen molar-refractivity contribution >= 4 is 0 Å². The number of hydrogen-bond acceptors (Lipinski definition) is 3. The van der Waals surface area contributed by atoms with Crippen LogP contribution in [0.3, 0.4) is 0 Å². The fraction of sp³-hybridized carbons (Fsp3) is 0.500. The fourth-order valence-electron chi connectivity index (χ4n) is 2.16. The molecule has 1 heterocycles. The van der Waals surface area contributed by atoms with Gasteiger partial charge in [0, 0.05) is 12.2 Å². The second-order valence-electron chi connectivity index (χ2n) is 4.79. The smallest absolute Gasteiger partial charge is 0.122 e. The molecule has 0 saturated carbocycles. The first kappa shape index (κ1) is 13.9. The van der Waals surface area contributed by atoms with E-state index in [4.69, 9.17) is 15.2 Å². The number of hydrogen-bond donors (Lipinski definition) is 1. The third-order valence-electron chi connectivity index (χ3n) is 3.21. The summed E-state index contributed by atoms with van der Waals surface area (Å²) in [4.78, 5) is 0. The summed E-state index contributed by atoms with van der Waals surface area (Å²) >= 11 is 0. The Hall–Kier alpha value is -1.50. The highest BCUT2D eigenvalue weighted by Gasteiger charge is 2.14. The normalized spacial score (nSPS) is 18.5. The lowest BCUT2D eigenvalue weighted by Gasteiger charge is -2.23. The molecule has 19 heavy (non-hydrogen) atoms. The van der Waals surface area contributed by atoms with Gasteiger partial charge in [0.15, 0.2) is 0 Å². The molecule has 0 amide bonds. The van der Waals surface area contributed by atoms with Crippen molar-refractivity contribution in [1.29, 1.82) is 0 Å². The largest absolute Gasteiger partial charge is 0.491 e. The van der Waals surface area contributed by atoms with Gasteiger partial charge in [0.25, 0.3) is 0 Å². The zero-order chi connectivity index (χ0) is 13.5. The van der Waals surface area contributed by atoms with Gasteiger partial charge in [0.05, 0.1) is 12.6 Å². The zero-order valence-corrected chi connectivity index (χ0v) is 11.4. The van der Waals surface area contributed by atoms with Gasteiger partial charge in [-0.1, -0.05) is 11.8 Å². The van der Waals surface area contributed by atoms with E-state index in [9.17, 15) is 0 Å². The van der Waals surface area contributed by atoms with Gasteiger partial charge in [-0.25, -0.2) is 0 Å². The maximum absolute atomic E-state index is 5.84. The van der Waals surface area contributed by atoms with Crippen LogP contribution in [0.4, 0.5) is 0 Å². The molecule has 0 aliphatic carbocycles. The van der Waals surface area contributed by atoms with Crippen molar-refractivity contribution in [3.05, 3.63) is 29.3 Å². The first-order valence-electron chi connectivity index (χ1n) is 6.83. The van der Waals surface area contributed by atoms with Crippen molar-refractivity contribution in [3.8, 4) is 17.6 Å². The number of rotatable bonds is 3. The van der Waals surface area contributed by atoms with Gasteiger partial charge < -0.3 is 15.2 Å². The van der Waals surface area contributed by atoms with Crippen LogP contribution in [0.5, 0.6) is 5.75 Å². The molecule has 1 fully saturated rings. The number of ether oxygens (including phenoxy) is 2. The minimum Gasteiger partial charge on any atom is -0.491 e. The van der Waals surface area contributed by atoms with Crippen molar-refractivity contribution in [2.24, 2.45) is 5.73 Å². The minimum atomic E-state index is 0.241. The van der Waals surface area contributed by atoms with E-state index < -0.39 is 0 Å². The van der Waals surface area contributed by atoms with Crippen LogP contribution in [0.15, 0.2) is 18.2 Å². The summed E-state index contributed by atoms with van der Waals surface area (Å²) < 4.78 is 11.5. The van der Waals surface area contributed by atoms with Crippen LogP contribution in [0.1, 0.15) is 30.4 Å². The molecule has 1 aromatic carbocycles. The van der Waals surface area contributed by atoms with Crippen molar-refractivity contribution in [2.75, 3.05) is 19.8 Å². The Morgan fingerprint density at radius 1 is 1.42 bits per heavy atom. The molecule has 102 valence electrons. The van der Waals surface area contributed by atoms with Crippen molar-refractivity contribution in [3.63, 3.8) is 0 Å². The van der Waals surface area contributed by atoms with Crippen LogP contribution in [-0.2, 0) is 4.74 Å². The molecule has 2 N–H and O–H groups in total. The monoisotopic (exact) mass is 259 g/mol. The summed E-state index contributed by atoms with van der Waals surface area (Å²) in [6.45, 7) is 3.91. The van der Waals surface area contributed by atoms with Crippen LogP contribution in [0, 0.1) is 18.8 Å². The minimum absolute atomic E-state index is 0.241. The summed E-state index contributed by atoms with van der Waals surface area (Å²) in [5, 5.41) is 0. The number of benzene rings is 1. The molecule has 1 saturated heterocycles. The Kier molecular flexibility index (Phi) is 5.26. The molecule has 1 aromatic rings. The number of nitrogens with two attached hydrogens (primary N) is 1. The van der Waals surface area contributed by atoms with E-state index in [1.165, 1.54) is 12.8 Å². The topological polar surface area (TPSA) is 44.5 Å². The average molecular weight is 259 g/mol. The van der Waals surface area contributed by atoms with Crippen LogP contribution >= 0.6 is 0 Å². The van der Waals surface area contributed by atoms with Gasteiger partial charge in [-0.05, 0) is 49.9 Å². The lowest BCUT2D eigenvalue weighted by Crippen LogP contribution is -2.25. The molecule has 0 spiro atoms. The van der Waals surface area contributed by atoms with Gasteiger partial charge in [-0.15, -0.1) is 0 Å². The first-order chi connectivity index (χ1) is 9.29. The van der Waals surface area contributed by atoms with Gasteiger partial charge in [0.1, 0.15) is 12.4 Å². The summed E-state index contributed by atoms with van der Waals surface area (Å²) in [6.07, 6.45) is 3.74. The zero-order valence-electron chi connectivity index (χ0n) is 11.4. The molecule has 1 unspecified atom stereocenters. The molecule has 0 radical (unpaired) electrons. The van der Waals surface area contributed by atoms with E-state index in [0.29, 0.717) is 13.2 Å². The Labute approximate surface area is 115 Å². The van der Waals surface area contributed by atoms with Gasteiger partial charge in [0.2, 0.25) is 0 Å². The molecule has 2 rings (SSSR count). The second kappa shape index (κ2) is 7.18. The molecule has 0 aromatic heterocycles. The molecule has 3 heteroatoms. The summed E-state index contributed by atoms with van der Waals surface area (Å²) in [6, 6.07) is 5.96. The molecular formula is C16H21NO2. The summed E-state index contributed by atoms with van der Waals surface area (Å²) in [5.41, 5.74) is 7.44. The molecule has 1 aliphatic heterocycles. The Balaban J connectivity index is 1.93. The summed E-state index contributed by atoms with van der Waals surface area (Å²) in [5.74, 6) is 6.78. The van der Waals surface area contributed by atoms with Crippen LogP contribution < -0.4 is 10.5 Å². The predicted molar refractivity (Wildman–Crippen MR) is 76.2 cm³/mol. The van der Waals surface area contributed by atoms with E-state index >= 15 is 0 Å². The van der Waals surface area contributed by atoms with Crippen LogP contribution in [0.2, 0.25) is 0 Å². The Morgan fingerprint density at radius 2 is 2.32 bits per heavy atom. The summed E-state index contributed by atoms with van der Waals surface area (Å²) in [7, 11) is 0. The maximum atomic E-state index is 5.84. The third-order valence-corrected chi connectivity index (χ3v) is 3.21.